The summed E-state index contributed by atoms with van der Waals surface area (Å²) < 4.78 is 14.1. The average molecular weight is 373 g/mol. The van der Waals surface area contributed by atoms with Gasteiger partial charge in [-0.1, -0.05) is 0 Å². The predicted octanol–water partition coefficient (Wildman–Crippen LogP) is 2.91. The van der Waals surface area contributed by atoms with E-state index in [-0.39, 0.29) is 5.82 Å². The summed E-state index contributed by atoms with van der Waals surface area (Å²) in [6, 6.07) is 4.81. The van der Waals surface area contributed by atoms with Crippen LogP contribution in [0.3, 0.4) is 0 Å². The number of benzene rings is 1. The van der Waals surface area contributed by atoms with Crippen LogP contribution >= 0.6 is 45.2 Å². The van der Waals surface area contributed by atoms with Crippen molar-refractivity contribution in [3.63, 3.8) is 0 Å². The zero-order valence-corrected chi connectivity index (χ0v) is 9.55. The molecule has 1 rings (SSSR count). The van der Waals surface area contributed by atoms with E-state index in [1.807, 2.05) is 51.3 Å². The lowest BCUT2D eigenvalue weighted by atomic mass is 10.2. The normalized spacial score (nSPS) is 9.27. The first-order chi connectivity index (χ1) is 5.15. The van der Waals surface area contributed by atoms with Crippen molar-refractivity contribution in [3.8, 4) is 6.07 Å². The smallest absolute Gasteiger partial charge is 0.137 e. The van der Waals surface area contributed by atoms with Gasteiger partial charge in [0.15, 0.2) is 0 Å². The molecular weight excluding hydrogens is 371 g/mol. The molecule has 56 valence electrons. The van der Waals surface area contributed by atoms with Crippen LogP contribution in [0.1, 0.15) is 5.56 Å². The van der Waals surface area contributed by atoms with Crippen LogP contribution in [0.5, 0.6) is 0 Å². The molecule has 1 aromatic carbocycles. The fourth-order valence-electron chi connectivity index (χ4n) is 0.608. The highest BCUT2D eigenvalue weighted by atomic mass is 127. The van der Waals surface area contributed by atoms with Crippen molar-refractivity contribution in [2.24, 2.45) is 0 Å². The van der Waals surface area contributed by atoms with Gasteiger partial charge in [-0.3, -0.25) is 0 Å². The van der Waals surface area contributed by atoms with Crippen LogP contribution in [0.15, 0.2) is 12.1 Å². The molecule has 0 unspecified atom stereocenters. The molecule has 11 heavy (non-hydrogen) atoms. The van der Waals surface area contributed by atoms with Crippen molar-refractivity contribution in [3.05, 3.63) is 30.7 Å². The first-order valence-corrected chi connectivity index (χ1v) is 4.85. The maximum absolute atomic E-state index is 12.8. The van der Waals surface area contributed by atoms with Gasteiger partial charge in [-0.2, -0.15) is 5.26 Å². The molecule has 0 aliphatic heterocycles. The minimum absolute atomic E-state index is 0.331. The number of nitriles is 1. The average Bonchev–Trinajstić information content (AvgIpc) is 1.97. The summed E-state index contributed by atoms with van der Waals surface area (Å²) in [4.78, 5) is 0. The van der Waals surface area contributed by atoms with Gasteiger partial charge in [0.1, 0.15) is 11.9 Å². The second kappa shape index (κ2) is 3.67. The molecule has 0 saturated heterocycles. The fourth-order valence-corrected chi connectivity index (χ4v) is 2.26. The fraction of sp³-hybridized carbons (Fsp3) is 0. The summed E-state index contributed by atoms with van der Waals surface area (Å²) in [5.74, 6) is -0.331. The standard InChI is InChI=1S/C7H2FI2N/c8-5-1-4(3-11)6(9)2-7(5)10/h1-2H. The molecule has 0 fully saturated rings. The third kappa shape index (κ3) is 2.02. The molecule has 0 aromatic heterocycles. The van der Waals surface area contributed by atoms with E-state index in [0.717, 1.165) is 3.57 Å². The topological polar surface area (TPSA) is 23.8 Å². The van der Waals surface area contributed by atoms with Gasteiger partial charge in [0, 0.05) is 7.14 Å². The Kier molecular flexibility index (Phi) is 3.06. The highest BCUT2D eigenvalue weighted by Gasteiger charge is 2.04. The molecule has 0 spiro atoms. The molecule has 0 atom stereocenters. The zero-order chi connectivity index (χ0) is 8.43. The molecule has 0 radical (unpaired) electrons. The molecule has 1 aromatic rings. The second-order valence-corrected chi connectivity index (χ2v) is 4.18. The van der Waals surface area contributed by atoms with E-state index >= 15 is 0 Å². The Bertz CT molecular complexity index is 330. The summed E-state index contributed by atoms with van der Waals surface area (Å²) in [5.41, 5.74) is 0.392. The van der Waals surface area contributed by atoms with Crippen LogP contribution in [0, 0.1) is 24.3 Å². The molecule has 4 heteroatoms. The lowest BCUT2D eigenvalue weighted by molar-refractivity contribution is 0.619. The van der Waals surface area contributed by atoms with E-state index in [9.17, 15) is 4.39 Å². The molecule has 0 aliphatic carbocycles. The third-order valence-electron chi connectivity index (χ3n) is 1.13. The monoisotopic (exact) mass is 373 g/mol. The second-order valence-electron chi connectivity index (χ2n) is 1.86. The zero-order valence-electron chi connectivity index (χ0n) is 5.24. The number of halogens is 3. The van der Waals surface area contributed by atoms with Gasteiger partial charge in [0.25, 0.3) is 0 Å². The van der Waals surface area contributed by atoms with Crippen molar-refractivity contribution < 1.29 is 4.39 Å². The quantitative estimate of drug-likeness (QED) is 0.507. The Morgan fingerprint density at radius 3 is 2.45 bits per heavy atom. The van der Waals surface area contributed by atoms with E-state index in [1.54, 1.807) is 6.07 Å². The first-order valence-electron chi connectivity index (χ1n) is 2.70. The van der Waals surface area contributed by atoms with Crippen LogP contribution in [-0.2, 0) is 0 Å². The third-order valence-corrected chi connectivity index (χ3v) is 2.85. The molecular formula is C7H2FI2N. The van der Waals surface area contributed by atoms with Gasteiger partial charge in [-0.05, 0) is 57.3 Å². The van der Waals surface area contributed by atoms with Gasteiger partial charge in [-0.15, -0.1) is 0 Å². The lowest BCUT2D eigenvalue weighted by Crippen LogP contribution is -1.87. The highest BCUT2D eigenvalue weighted by molar-refractivity contribution is 14.1. The van der Waals surface area contributed by atoms with Crippen molar-refractivity contribution in [2.75, 3.05) is 0 Å². The maximum atomic E-state index is 12.8. The van der Waals surface area contributed by atoms with Gasteiger partial charge in [-0.25, -0.2) is 4.39 Å². The SMILES string of the molecule is N#Cc1cc(F)c(I)cc1I. The summed E-state index contributed by atoms with van der Waals surface area (Å²) >= 11 is 3.90. The summed E-state index contributed by atoms with van der Waals surface area (Å²) in [6.07, 6.45) is 0. The van der Waals surface area contributed by atoms with Crippen molar-refractivity contribution in [1.29, 1.82) is 5.26 Å². The molecule has 0 heterocycles. The van der Waals surface area contributed by atoms with E-state index in [2.05, 4.69) is 0 Å². The summed E-state index contributed by atoms with van der Waals surface area (Å²) in [5, 5.41) is 8.51. The molecule has 0 aliphatic rings. The summed E-state index contributed by atoms with van der Waals surface area (Å²) in [6.45, 7) is 0. The Hall–Kier alpha value is 0.1000. The van der Waals surface area contributed by atoms with Crippen LogP contribution in [0.4, 0.5) is 4.39 Å². The largest absolute Gasteiger partial charge is 0.206 e. The first kappa shape index (κ1) is 9.19. The van der Waals surface area contributed by atoms with E-state index < -0.39 is 0 Å². The minimum atomic E-state index is -0.331. The molecule has 1 nitrogen and oxygen atoms in total. The Balaban J connectivity index is 3.35. The number of hydrogen-bond donors (Lipinski definition) is 0. The molecule has 0 saturated carbocycles. The van der Waals surface area contributed by atoms with Crippen molar-refractivity contribution >= 4 is 45.2 Å². The number of rotatable bonds is 0. The number of nitrogens with zero attached hydrogens (tertiary/aromatic N) is 1. The van der Waals surface area contributed by atoms with Crippen molar-refractivity contribution in [1.82, 2.24) is 0 Å². The van der Waals surface area contributed by atoms with Gasteiger partial charge < -0.3 is 0 Å². The Labute approximate surface area is 90.9 Å². The molecule has 0 N–H and O–H groups in total. The number of hydrogen-bond acceptors (Lipinski definition) is 1. The highest BCUT2D eigenvalue weighted by Crippen LogP contribution is 2.18. The van der Waals surface area contributed by atoms with Crippen LogP contribution in [-0.4, -0.2) is 0 Å². The Morgan fingerprint density at radius 2 is 1.91 bits per heavy atom. The van der Waals surface area contributed by atoms with Gasteiger partial charge >= 0.3 is 0 Å². The van der Waals surface area contributed by atoms with E-state index in [0.29, 0.717) is 9.13 Å². The van der Waals surface area contributed by atoms with Crippen LogP contribution < -0.4 is 0 Å². The van der Waals surface area contributed by atoms with Crippen LogP contribution in [0.25, 0.3) is 0 Å². The van der Waals surface area contributed by atoms with Gasteiger partial charge in [0.2, 0.25) is 0 Å². The minimum Gasteiger partial charge on any atom is -0.206 e. The predicted molar refractivity (Wildman–Crippen MR) is 56.5 cm³/mol. The summed E-state index contributed by atoms with van der Waals surface area (Å²) in [7, 11) is 0. The van der Waals surface area contributed by atoms with E-state index in [1.165, 1.54) is 6.07 Å². The van der Waals surface area contributed by atoms with Crippen molar-refractivity contribution in [2.45, 2.75) is 0 Å². The van der Waals surface area contributed by atoms with Gasteiger partial charge in [0.05, 0.1) is 5.56 Å². The van der Waals surface area contributed by atoms with Crippen LogP contribution in [0.2, 0.25) is 0 Å². The Morgan fingerprint density at radius 1 is 1.27 bits per heavy atom. The lowest BCUT2D eigenvalue weighted by Gasteiger charge is -1.96. The maximum Gasteiger partial charge on any atom is 0.137 e. The molecule has 0 amide bonds. The molecule has 0 bridgehead atoms. The van der Waals surface area contributed by atoms with E-state index in [4.69, 9.17) is 5.26 Å².